The first-order valence-electron chi connectivity index (χ1n) is 13.6. The molecule has 214 valence electrons. The van der Waals surface area contributed by atoms with Gasteiger partial charge in [0.25, 0.3) is 0 Å². The number of ketones is 1. The zero-order valence-electron chi connectivity index (χ0n) is 24.0. The monoisotopic (exact) mass is 596 g/mol. The Morgan fingerprint density at radius 1 is 1.17 bits per heavy atom. The third-order valence-electron chi connectivity index (χ3n) is 7.37. The third-order valence-corrected chi connectivity index (χ3v) is 9.41. The first kappa shape index (κ1) is 29.3. The molecule has 1 aromatic heterocycles. The number of hydrogen-bond acceptors (Lipinski definition) is 9. The van der Waals surface area contributed by atoms with E-state index in [9.17, 15) is 14.9 Å². The minimum atomic E-state index is -0.555. The van der Waals surface area contributed by atoms with Crippen molar-refractivity contribution < 1.29 is 9.59 Å². The molecule has 3 aromatic rings. The predicted molar refractivity (Wildman–Crippen MR) is 168 cm³/mol. The van der Waals surface area contributed by atoms with E-state index in [-0.39, 0.29) is 28.7 Å². The maximum absolute atomic E-state index is 13.6. The van der Waals surface area contributed by atoms with Crippen LogP contribution in [-0.2, 0) is 9.59 Å². The van der Waals surface area contributed by atoms with E-state index in [1.807, 2.05) is 74.5 Å². The quantitative estimate of drug-likeness (QED) is 0.301. The van der Waals surface area contributed by atoms with Crippen molar-refractivity contribution in [3.05, 3.63) is 94.0 Å². The predicted octanol–water partition coefficient (Wildman–Crippen LogP) is 6.37. The molecule has 3 N–H and O–H groups in total. The number of nitriles is 1. The lowest BCUT2D eigenvalue weighted by atomic mass is 9.70. The van der Waals surface area contributed by atoms with Crippen molar-refractivity contribution >= 4 is 51.7 Å². The van der Waals surface area contributed by atoms with Gasteiger partial charge in [-0.3, -0.25) is 14.5 Å². The van der Waals surface area contributed by atoms with Gasteiger partial charge in [-0.05, 0) is 42.4 Å². The maximum atomic E-state index is 13.6. The molecule has 0 spiro atoms. The van der Waals surface area contributed by atoms with Gasteiger partial charge in [0.1, 0.15) is 5.82 Å². The van der Waals surface area contributed by atoms with Gasteiger partial charge in [-0.2, -0.15) is 5.26 Å². The number of thioether (sulfide) groups is 1. The van der Waals surface area contributed by atoms with Gasteiger partial charge in [0.15, 0.2) is 10.1 Å². The number of carbonyl (C=O) groups excluding carboxylic acids is 2. The van der Waals surface area contributed by atoms with Crippen molar-refractivity contribution in [3.63, 3.8) is 0 Å². The summed E-state index contributed by atoms with van der Waals surface area (Å²) in [6.45, 7) is 8.03. The van der Waals surface area contributed by atoms with Crippen molar-refractivity contribution in [2.24, 2.45) is 17.1 Å². The zero-order chi connectivity index (χ0) is 30.0. The largest absolute Gasteiger partial charge is 0.384 e. The van der Waals surface area contributed by atoms with E-state index < -0.39 is 5.92 Å². The van der Waals surface area contributed by atoms with Gasteiger partial charge < -0.3 is 11.1 Å². The molecule has 1 amide bonds. The topological polar surface area (TPSA) is 125 Å². The van der Waals surface area contributed by atoms with Crippen LogP contribution >= 0.6 is 23.1 Å². The summed E-state index contributed by atoms with van der Waals surface area (Å²) >= 11 is 2.56. The van der Waals surface area contributed by atoms with Crippen molar-refractivity contribution in [2.75, 3.05) is 16.0 Å². The Morgan fingerprint density at radius 2 is 1.88 bits per heavy atom. The first-order chi connectivity index (χ1) is 20.1. The molecule has 1 aliphatic heterocycles. The van der Waals surface area contributed by atoms with Crippen molar-refractivity contribution in [2.45, 2.75) is 44.9 Å². The van der Waals surface area contributed by atoms with E-state index in [2.05, 4.69) is 35.4 Å². The number of aryl methyl sites for hydroxylation is 2. The second kappa shape index (κ2) is 12.0. The van der Waals surface area contributed by atoms with Crippen LogP contribution < -0.4 is 16.0 Å². The van der Waals surface area contributed by atoms with Crippen molar-refractivity contribution in [1.29, 1.82) is 5.26 Å². The number of anilines is 2. The lowest BCUT2D eigenvalue weighted by Crippen LogP contribution is -2.42. The number of para-hydroxylation sites is 1. The molecule has 1 atom stereocenters. The summed E-state index contributed by atoms with van der Waals surface area (Å²) in [7, 11) is 0. The van der Waals surface area contributed by atoms with E-state index in [4.69, 9.17) is 5.73 Å². The number of hydrogen-bond donors (Lipinski definition) is 2. The van der Waals surface area contributed by atoms with Gasteiger partial charge >= 0.3 is 0 Å². The van der Waals surface area contributed by atoms with Gasteiger partial charge in [-0.15, -0.1) is 10.2 Å². The number of allylic oxidation sites excluding steroid dienone is 4. The Labute approximate surface area is 254 Å². The number of amides is 1. The molecule has 1 unspecified atom stereocenters. The van der Waals surface area contributed by atoms with Gasteiger partial charge in [0.2, 0.25) is 11.0 Å². The van der Waals surface area contributed by atoms with Gasteiger partial charge in [-0.25, -0.2) is 0 Å². The minimum absolute atomic E-state index is 0.00325. The fourth-order valence-corrected chi connectivity index (χ4v) is 7.08. The molecule has 5 rings (SSSR count). The zero-order valence-corrected chi connectivity index (χ0v) is 25.6. The average Bonchev–Trinajstić information content (AvgIpc) is 3.41. The van der Waals surface area contributed by atoms with E-state index in [1.54, 1.807) is 4.90 Å². The van der Waals surface area contributed by atoms with Crippen LogP contribution in [0.25, 0.3) is 6.08 Å². The molecule has 0 saturated heterocycles. The van der Waals surface area contributed by atoms with E-state index >= 15 is 0 Å². The molecule has 0 bridgehead atoms. The highest BCUT2D eigenvalue weighted by Gasteiger charge is 2.44. The number of Topliss-reactive ketones (excluding diaryl/α,β-unsaturated/α-hetero) is 1. The molecule has 1 aliphatic carbocycles. The molecule has 0 radical (unpaired) electrons. The van der Waals surface area contributed by atoms with Crippen LogP contribution in [0.1, 0.15) is 43.4 Å². The van der Waals surface area contributed by atoms with Crippen LogP contribution in [-0.4, -0.2) is 27.6 Å². The molecule has 2 heterocycles. The number of carbonyl (C=O) groups is 2. The molecule has 0 fully saturated rings. The molecule has 0 saturated carbocycles. The number of benzene rings is 2. The van der Waals surface area contributed by atoms with Crippen molar-refractivity contribution in [1.82, 2.24) is 10.2 Å². The standard InChI is InChI=1S/C32H32N6O2S2/c1-19-9-8-10-20(2)28(19)35-26(40)18-41-31-37-36-30(42-31)38-24-15-32(3,4)16-25(39)27(24)22(23(17-33)29(38)34)14-13-21-11-6-5-7-12-21/h5-14,22H,15-16,18,34H2,1-4H3,(H,35,40)/b14-13+. The minimum Gasteiger partial charge on any atom is -0.384 e. The van der Waals surface area contributed by atoms with Gasteiger partial charge in [0, 0.05) is 29.3 Å². The molecular weight excluding hydrogens is 565 g/mol. The van der Waals surface area contributed by atoms with E-state index in [0.29, 0.717) is 33.5 Å². The normalized spacial score (nSPS) is 18.3. The first-order valence-corrected chi connectivity index (χ1v) is 15.4. The van der Waals surface area contributed by atoms with Gasteiger partial charge in [-0.1, -0.05) is 97.6 Å². The Kier molecular flexibility index (Phi) is 8.34. The summed E-state index contributed by atoms with van der Waals surface area (Å²) in [5.74, 6) is -0.305. The molecular formula is C32H32N6O2S2. The number of nitrogens with zero attached hydrogens (tertiary/aromatic N) is 4. The number of nitrogens with one attached hydrogen (secondary N) is 1. The fourth-order valence-electron chi connectivity index (χ4n) is 5.40. The SMILES string of the molecule is Cc1cccc(C)c1NC(=O)CSc1nnc(N2C(N)=C(C#N)C(/C=C/c3ccccc3)C3=C2CC(C)(C)CC3=O)s1. The summed E-state index contributed by atoms with van der Waals surface area (Å²) < 4.78 is 0.586. The summed E-state index contributed by atoms with van der Waals surface area (Å²) in [4.78, 5) is 28.1. The van der Waals surface area contributed by atoms with Gasteiger partial charge in [0.05, 0.1) is 17.4 Å². The van der Waals surface area contributed by atoms with Crippen LogP contribution in [0.3, 0.4) is 0 Å². The Balaban J connectivity index is 1.43. The Bertz CT molecular complexity index is 1660. The molecule has 2 aliphatic rings. The summed E-state index contributed by atoms with van der Waals surface area (Å²) in [5.41, 5.74) is 11.8. The van der Waals surface area contributed by atoms with Crippen LogP contribution in [0.4, 0.5) is 10.8 Å². The fraction of sp³-hybridized carbons (Fsp3) is 0.281. The average molecular weight is 597 g/mol. The van der Waals surface area contributed by atoms with Crippen LogP contribution in [0.5, 0.6) is 0 Å². The lowest BCUT2D eigenvalue weighted by Gasteiger charge is -2.41. The number of rotatable bonds is 7. The molecule has 42 heavy (non-hydrogen) atoms. The second-order valence-corrected chi connectivity index (χ2v) is 13.4. The smallest absolute Gasteiger partial charge is 0.234 e. The van der Waals surface area contributed by atoms with Crippen molar-refractivity contribution in [3.8, 4) is 6.07 Å². The second-order valence-electron chi connectivity index (χ2n) is 11.2. The highest BCUT2D eigenvalue weighted by Crippen LogP contribution is 2.48. The maximum Gasteiger partial charge on any atom is 0.234 e. The summed E-state index contributed by atoms with van der Waals surface area (Å²) in [6.07, 6.45) is 4.77. The highest BCUT2D eigenvalue weighted by molar-refractivity contribution is 8.01. The molecule has 2 aromatic carbocycles. The Morgan fingerprint density at radius 3 is 2.57 bits per heavy atom. The summed E-state index contributed by atoms with van der Waals surface area (Å²) in [6, 6.07) is 17.9. The highest BCUT2D eigenvalue weighted by atomic mass is 32.2. The number of nitrogens with two attached hydrogens (primary N) is 1. The van der Waals surface area contributed by atoms with E-state index in [1.165, 1.54) is 23.1 Å². The lowest BCUT2D eigenvalue weighted by molar-refractivity contribution is -0.118. The van der Waals surface area contributed by atoms with E-state index in [0.717, 1.165) is 28.1 Å². The summed E-state index contributed by atoms with van der Waals surface area (Å²) in [5, 5.41) is 22.4. The Hall–Kier alpha value is -4.20. The molecule has 8 nitrogen and oxygen atoms in total. The third kappa shape index (κ3) is 6.03. The number of aromatic nitrogens is 2. The van der Waals surface area contributed by atoms with Crippen LogP contribution in [0, 0.1) is 36.5 Å². The van der Waals surface area contributed by atoms with Crippen LogP contribution in [0.15, 0.2) is 81.6 Å². The van der Waals surface area contributed by atoms with Crippen LogP contribution in [0.2, 0.25) is 0 Å². The molecule has 10 heteroatoms.